The number of benzene rings is 8. The number of fused-ring (bicyclic) bond motifs is 4. The molecule has 0 saturated heterocycles. The van der Waals surface area contributed by atoms with Gasteiger partial charge >= 0.3 is 0 Å². The van der Waals surface area contributed by atoms with Gasteiger partial charge in [0.25, 0.3) is 0 Å². The number of hydrogen-bond donors (Lipinski definition) is 1. The topological polar surface area (TPSA) is 35.9 Å². The van der Waals surface area contributed by atoms with Crippen LogP contribution in [0.15, 0.2) is 212 Å². The molecule has 2 atom stereocenters. The monoisotopic (exact) mass is 722 g/mol. The van der Waals surface area contributed by atoms with Crippen LogP contribution in [0.25, 0.3) is 33.0 Å². The van der Waals surface area contributed by atoms with Gasteiger partial charge in [0.05, 0.1) is 22.7 Å². The van der Waals surface area contributed by atoms with Crippen molar-refractivity contribution >= 4 is 44.9 Å². The number of phenols is 1. The first-order chi connectivity index (χ1) is 27.7. The molecular formula is C52H38N2O2. The molecule has 4 nitrogen and oxygen atoms in total. The standard InChI is InChI=1S/C52H38N2O2/c55-50-35-39(31-32-44(50)42-33-34-48(43-25-11-10-24-41(42)43)53(37-19-6-2-7-20-37)38-21-8-3-9-22-38)54(47-28-14-12-23-40(47)36-17-4-1-5-18-36)49-29-16-27-46-45-26-13-15-30-51(45)56-52(46)49/h1-35,45,51,55H. The van der Waals surface area contributed by atoms with Crippen LogP contribution in [0.5, 0.6) is 11.5 Å². The average Bonchev–Trinajstić information content (AvgIpc) is 3.65. The first-order valence-corrected chi connectivity index (χ1v) is 19.1. The lowest BCUT2D eigenvalue weighted by atomic mass is 9.91. The second-order valence-electron chi connectivity index (χ2n) is 14.2. The van der Waals surface area contributed by atoms with Crippen LogP contribution in [0.4, 0.5) is 34.1 Å². The van der Waals surface area contributed by atoms with E-state index in [9.17, 15) is 5.11 Å². The van der Waals surface area contributed by atoms with Gasteiger partial charge in [-0.3, -0.25) is 0 Å². The third-order valence-corrected chi connectivity index (χ3v) is 10.9. The van der Waals surface area contributed by atoms with Crippen LogP contribution in [-0.4, -0.2) is 11.2 Å². The van der Waals surface area contributed by atoms with Crippen LogP contribution in [0.3, 0.4) is 0 Å². The van der Waals surface area contributed by atoms with E-state index in [0.29, 0.717) is 0 Å². The molecule has 8 aromatic rings. The molecule has 0 spiro atoms. The summed E-state index contributed by atoms with van der Waals surface area (Å²) in [5.41, 5.74) is 11.0. The molecule has 10 rings (SSSR count). The molecule has 2 aliphatic rings. The van der Waals surface area contributed by atoms with Crippen LogP contribution in [0, 0.1) is 0 Å². The molecule has 0 radical (unpaired) electrons. The minimum Gasteiger partial charge on any atom is -0.507 e. The van der Waals surface area contributed by atoms with Crippen molar-refractivity contribution in [3.05, 3.63) is 218 Å². The molecule has 1 aliphatic carbocycles. The molecular weight excluding hydrogens is 685 g/mol. The average molecular weight is 723 g/mol. The molecule has 2 unspecified atom stereocenters. The van der Waals surface area contributed by atoms with Crippen molar-refractivity contribution in [2.75, 3.05) is 9.80 Å². The van der Waals surface area contributed by atoms with E-state index in [0.717, 1.165) is 78.5 Å². The van der Waals surface area contributed by atoms with Crippen LogP contribution >= 0.6 is 0 Å². The normalized spacial score (nSPS) is 15.2. The first kappa shape index (κ1) is 33.3. The van der Waals surface area contributed by atoms with Gasteiger partial charge in [0.2, 0.25) is 0 Å². The van der Waals surface area contributed by atoms with E-state index in [4.69, 9.17) is 4.74 Å². The van der Waals surface area contributed by atoms with E-state index in [-0.39, 0.29) is 17.8 Å². The number of phenolic OH excluding ortho intramolecular Hbond substituents is 1. The molecule has 0 saturated carbocycles. The fraction of sp³-hybridized carbons (Fsp3) is 0.0385. The summed E-state index contributed by atoms with van der Waals surface area (Å²) in [6.07, 6.45) is 8.45. The summed E-state index contributed by atoms with van der Waals surface area (Å²) < 4.78 is 6.73. The zero-order chi connectivity index (χ0) is 37.4. The van der Waals surface area contributed by atoms with Crippen molar-refractivity contribution < 1.29 is 9.84 Å². The number of aromatic hydroxyl groups is 1. The van der Waals surface area contributed by atoms with E-state index in [1.807, 2.05) is 30.3 Å². The predicted octanol–water partition coefficient (Wildman–Crippen LogP) is 13.8. The first-order valence-electron chi connectivity index (χ1n) is 19.1. The molecule has 0 bridgehead atoms. The van der Waals surface area contributed by atoms with Gasteiger partial charge in [-0.15, -0.1) is 0 Å². The Labute approximate surface area is 327 Å². The Morgan fingerprint density at radius 3 is 1.80 bits per heavy atom. The maximum absolute atomic E-state index is 12.1. The summed E-state index contributed by atoms with van der Waals surface area (Å²) in [5.74, 6) is 1.19. The van der Waals surface area contributed by atoms with Crippen molar-refractivity contribution in [3.63, 3.8) is 0 Å². The lowest BCUT2D eigenvalue weighted by Crippen LogP contribution is -2.16. The van der Waals surface area contributed by atoms with Gasteiger partial charge in [0, 0.05) is 45.4 Å². The lowest BCUT2D eigenvalue weighted by molar-refractivity contribution is 0.269. The van der Waals surface area contributed by atoms with Crippen molar-refractivity contribution in [2.45, 2.75) is 12.0 Å². The van der Waals surface area contributed by atoms with Gasteiger partial charge in [0.15, 0.2) is 0 Å². The smallest absolute Gasteiger partial charge is 0.148 e. The Kier molecular flexibility index (Phi) is 8.42. The molecule has 1 N–H and O–H groups in total. The Hall–Kier alpha value is -7.30. The lowest BCUT2D eigenvalue weighted by Gasteiger charge is -2.30. The zero-order valence-electron chi connectivity index (χ0n) is 30.6. The SMILES string of the molecule is Oc1cc(N(c2ccccc2-c2ccccc2)c2cccc3c2OC2C=CC=CC32)ccc1-c1ccc(N(c2ccccc2)c2ccccc2)c2ccccc12. The molecule has 0 amide bonds. The van der Waals surface area contributed by atoms with Crippen molar-refractivity contribution in [1.82, 2.24) is 0 Å². The molecule has 8 aromatic carbocycles. The van der Waals surface area contributed by atoms with E-state index < -0.39 is 0 Å². The van der Waals surface area contributed by atoms with Crippen LogP contribution in [-0.2, 0) is 0 Å². The number of nitrogens with zero attached hydrogens (tertiary/aromatic N) is 2. The maximum atomic E-state index is 12.1. The highest BCUT2D eigenvalue weighted by Gasteiger charge is 2.35. The van der Waals surface area contributed by atoms with Gasteiger partial charge in [-0.2, -0.15) is 0 Å². The summed E-state index contributed by atoms with van der Waals surface area (Å²) in [4.78, 5) is 4.52. The molecule has 1 aliphatic heterocycles. The molecule has 1 heterocycles. The highest BCUT2D eigenvalue weighted by Crippen LogP contribution is 2.52. The molecule has 0 aromatic heterocycles. The van der Waals surface area contributed by atoms with E-state index in [1.54, 1.807) is 0 Å². The number of ether oxygens (including phenoxy) is 1. The van der Waals surface area contributed by atoms with E-state index in [2.05, 4.69) is 192 Å². The quantitative estimate of drug-likeness (QED) is 0.169. The second-order valence-corrected chi connectivity index (χ2v) is 14.2. The summed E-state index contributed by atoms with van der Waals surface area (Å²) in [5, 5.41) is 14.3. The fourth-order valence-corrected chi connectivity index (χ4v) is 8.34. The van der Waals surface area contributed by atoms with Gasteiger partial charge < -0.3 is 19.6 Å². The van der Waals surface area contributed by atoms with Gasteiger partial charge in [-0.25, -0.2) is 0 Å². The largest absolute Gasteiger partial charge is 0.507 e. The second kappa shape index (κ2) is 14.2. The summed E-state index contributed by atoms with van der Waals surface area (Å²) >= 11 is 0. The Morgan fingerprint density at radius 2 is 1.05 bits per heavy atom. The van der Waals surface area contributed by atoms with Crippen LogP contribution in [0.2, 0.25) is 0 Å². The number of hydrogen-bond acceptors (Lipinski definition) is 4. The number of anilines is 6. The Bertz CT molecular complexity index is 2720. The van der Waals surface area contributed by atoms with Crippen molar-refractivity contribution in [1.29, 1.82) is 0 Å². The highest BCUT2D eigenvalue weighted by molar-refractivity contribution is 6.07. The van der Waals surface area contributed by atoms with E-state index >= 15 is 0 Å². The maximum Gasteiger partial charge on any atom is 0.148 e. The predicted molar refractivity (Wildman–Crippen MR) is 231 cm³/mol. The number of rotatable bonds is 8. The third kappa shape index (κ3) is 5.80. The van der Waals surface area contributed by atoms with Crippen LogP contribution < -0.4 is 14.5 Å². The summed E-state index contributed by atoms with van der Waals surface area (Å²) in [6, 6.07) is 65.0. The highest BCUT2D eigenvalue weighted by atomic mass is 16.5. The molecule has 268 valence electrons. The minimum atomic E-state index is -0.0610. The third-order valence-electron chi connectivity index (χ3n) is 10.9. The fourth-order valence-electron chi connectivity index (χ4n) is 8.34. The Morgan fingerprint density at radius 1 is 0.429 bits per heavy atom. The summed E-state index contributed by atoms with van der Waals surface area (Å²) in [7, 11) is 0. The van der Waals surface area contributed by atoms with Gasteiger partial charge in [-0.1, -0.05) is 146 Å². The van der Waals surface area contributed by atoms with Crippen molar-refractivity contribution in [2.24, 2.45) is 0 Å². The molecule has 4 heteroatoms. The van der Waals surface area contributed by atoms with Gasteiger partial charge in [0.1, 0.15) is 17.6 Å². The Balaban J connectivity index is 1.12. The van der Waals surface area contributed by atoms with E-state index in [1.165, 1.54) is 0 Å². The van der Waals surface area contributed by atoms with Crippen LogP contribution in [0.1, 0.15) is 11.5 Å². The molecule has 0 fully saturated rings. The number of allylic oxidation sites excluding steroid dienone is 2. The van der Waals surface area contributed by atoms with Gasteiger partial charge in [-0.05, 0) is 77.2 Å². The van der Waals surface area contributed by atoms with Crippen molar-refractivity contribution in [3.8, 4) is 33.8 Å². The number of para-hydroxylation sites is 4. The summed E-state index contributed by atoms with van der Waals surface area (Å²) in [6.45, 7) is 0. The zero-order valence-corrected chi connectivity index (χ0v) is 30.6. The molecule has 56 heavy (non-hydrogen) atoms. The minimum absolute atomic E-state index is 0.0610.